The largest absolute Gasteiger partial charge is 0.477 e. The number of aromatic nitrogens is 1. The number of nitrogens with one attached hydrogen (secondary N) is 2. The van der Waals surface area contributed by atoms with Gasteiger partial charge >= 0.3 is 5.97 Å². The molecule has 1 aliphatic rings. The van der Waals surface area contributed by atoms with Crippen LogP contribution in [0.1, 0.15) is 39.6 Å². The summed E-state index contributed by atoms with van der Waals surface area (Å²) in [5.41, 5.74) is 3.22. The Morgan fingerprint density at radius 1 is 1.12 bits per heavy atom. The Bertz CT molecular complexity index is 1290. The van der Waals surface area contributed by atoms with E-state index in [9.17, 15) is 23.9 Å². The van der Waals surface area contributed by atoms with E-state index in [2.05, 4.69) is 10.6 Å². The SMILES string of the molecule is Nc1c(F)c(NCCNC(=O)c2ccccc2)c(F)c2c1c(=O)c(C(=O)O)cn2C1CC1. The zero-order valence-electron chi connectivity index (χ0n) is 16.8. The Morgan fingerprint density at radius 2 is 1.81 bits per heavy atom. The third-order valence-corrected chi connectivity index (χ3v) is 5.31. The quantitative estimate of drug-likeness (QED) is 0.329. The van der Waals surface area contributed by atoms with Crippen molar-refractivity contribution in [1.82, 2.24) is 9.88 Å². The highest BCUT2D eigenvalue weighted by atomic mass is 19.1. The molecule has 166 valence electrons. The molecule has 0 saturated heterocycles. The summed E-state index contributed by atoms with van der Waals surface area (Å²) in [6.07, 6.45) is 2.42. The van der Waals surface area contributed by atoms with Gasteiger partial charge in [-0.1, -0.05) is 18.2 Å². The van der Waals surface area contributed by atoms with Crippen molar-refractivity contribution in [2.24, 2.45) is 0 Å². The minimum absolute atomic E-state index is 0.0156. The summed E-state index contributed by atoms with van der Waals surface area (Å²) in [5.74, 6) is -4.06. The number of aromatic carboxylic acids is 1. The molecular weight excluding hydrogens is 422 g/mol. The van der Waals surface area contributed by atoms with Gasteiger partial charge in [-0.2, -0.15) is 0 Å². The molecule has 0 spiro atoms. The molecule has 0 unspecified atom stereocenters. The molecule has 5 N–H and O–H groups in total. The summed E-state index contributed by atoms with van der Waals surface area (Å²) in [5, 5.41) is 14.0. The number of anilines is 2. The van der Waals surface area contributed by atoms with Crippen LogP contribution in [0, 0.1) is 11.6 Å². The topological polar surface area (TPSA) is 126 Å². The van der Waals surface area contributed by atoms with Crippen LogP contribution >= 0.6 is 0 Å². The van der Waals surface area contributed by atoms with Crippen LogP contribution in [-0.4, -0.2) is 34.6 Å². The van der Waals surface area contributed by atoms with Gasteiger partial charge in [-0.25, -0.2) is 13.6 Å². The average molecular weight is 442 g/mol. The van der Waals surface area contributed by atoms with Crippen LogP contribution in [0.3, 0.4) is 0 Å². The molecule has 0 bridgehead atoms. The molecule has 4 rings (SSSR count). The summed E-state index contributed by atoms with van der Waals surface area (Å²) in [6.45, 7) is 0.0517. The lowest BCUT2D eigenvalue weighted by atomic mass is 10.1. The lowest BCUT2D eigenvalue weighted by molar-refractivity contribution is 0.0694. The number of nitrogens with zero attached hydrogens (tertiary/aromatic N) is 1. The van der Waals surface area contributed by atoms with Gasteiger partial charge in [-0.3, -0.25) is 9.59 Å². The van der Waals surface area contributed by atoms with Crippen molar-refractivity contribution in [3.63, 3.8) is 0 Å². The summed E-state index contributed by atoms with van der Waals surface area (Å²) in [4.78, 5) is 36.1. The van der Waals surface area contributed by atoms with Crippen LogP contribution in [0.2, 0.25) is 0 Å². The number of halogens is 2. The minimum Gasteiger partial charge on any atom is -0.477 e. The van der Waals surface area contributed by atoms with Crippen molar-refractivity contribution >= 4 is 34.2 Å². The van der Waals surface area contributed by atoms with E-state index >= 15 is 4.39 Å². The van der Waals surface area contributed by atoms with Gasteiger partial charge in [0.2, 0.25) is 5.43 Å². The predicted molar refractivity (Wildman–Crippen MR) is 115 cm³/mol. The van der Waals surface area contributed by atoms with Gasteiger partial charge in [-0.05, 0) is 25.0 Å². The fraction of sp³-hybridized carbons (Fsp3) is 0.227. The summed E-state index contributed by atoms with van der Waals surface area (Å²) < 4.78 is 31.6. The third kappa shape index (κ3) is 3.75. The molecule has 3 aromatic rings. The highest BCUT2D eigenvalue weighted by Gasteiger charge is 2.31. The summed E-state index contributed by atoms with van der Waals surface area (Å²) in [7, 11) is 0. The van der Waals surface area contributed by atoms with Gasteiger partial charge in [0.25, 0.3) is 5.91 Å². The van der Waals surface area contributed by atoms with Crippen molar-refractivity contribution in [2.45, 2.75) is 18.9 Å². The van der Waals surface area contributed by atoms with Gasteiger partial charge in [0.05, 0.1) is 16.6 Å². The molecule has 32 heavy (non-hydrogen) atoms. The first-order valence-corrected chi connectivity index (χ1v) is 9.97. The van der Waals surface area contributed by atoms with E-state index in [-0.39, 0.29) is 30.6 Å². The predicted octanol–water partition coefficient (Wildman–Crippen LogP) is 2.74. The average Bonchev–Trinajstić information content (AvgIpc) is 3.62. The molecule has 1 fully saturated rings. The zero-order chi connectivity index (χ0) is 23.0. The van der Waals surface area contributed by atoms with Crippen LogP contribution < -0.4 is 21.8 Å². The Kier molecular flexibility index (Phi) is 5.52. The number of benzene rings is 2. The van der Waals surface area contributed by atoms with E-state index < -0.39 is 45.4 Å². The molecule has 1 heterocycles. The second-order valence-corrected chi connectivity index (χ2v) is 7.50. The maximum atomic E-state index is 15.4. The number of pyridine rings is 1. The van der Waals surface area contributed by atoms with Gasteiger partial charge in [0, 0.05) is 30.9 Å². The van der Waals surface area contributed by atoms with Crippen molar-refractivity contribution in [1.29, 1.82) is 0 Å². The Hall–Kier alpha value is -3.95. The number of nitrogen functional groups attached to an aromatic ring is 1. The number of fused-ring (bicyclic) bond motifs is 1. The Labute approximate surface area is 180 Å². The maximum Gasteiger partial charge on any atom is 0.341 e. The van der Waals surface area contributed by atoms with Gasteiger partial charge in [0.1, 0.15) is 11.3 Å². The van der Waals surface area contributed by atoms with Crippen LogP contribution in [0.15, 0.2) is 41.3 Å². The van der Waals surface area contributed by atoms with Crippen molar-refractivity contribution < 1.29 is 23.5 Å². The van der Waals surface area contributed by atoms with E-state index in [1.54, 1.807) is 30.3 Å². The highest BCUT2D eigenvalue weighted by Crippen LogP contribution is 2.40. The molecular formula is C22H20F2N4O4. The molecule has 0 atom stereocenters. The first kappa shape index (κ1) is 21.3. The second kappa shape index (κ2) is 8.29. The lowest BCUT2D eigenvalue weighted by Gasteiger charge is -2.18. The second-order valence-electron chi connectivity index (χ2n) is 7.50. The van der Waals surface area contributed by atoms with Crippen LogP contribution in [0.25, 0.3) is 10.9 Å². The fourth-order valence-corrected chi connectivity index (χ4v) is 3.57. The summed E-state index contributed by atoms with van der Waals surface area (Å²) in [6, 6.07) is 8.27. The molecule has 2 aromatic carbocycles. The number of amides is 1. The fourth-order valence-electron chi connectivity index (χ4n) is 3.57. The standard InChI is InChI=1S/C22H20F2N4O4/c23-15-17(25)14-19(28(12-6-7-12)10-13(20(14)29)22(31)32)16(24)18(15)26-8-9-27-21(30)11-4-2-1-3-5-11/h1-5,10,12,26H,6-9,25H2,(H,27,30)(H,31,32). The monoisotopic (exact) mass is 442 g/mol. The number of carboxylic acids is 1. The first-order valence-electron chi connectivity index (χ1n) is 9.97. The Morgan fingerprint density at radius 3 is 2.44 bits per heavy atom. The van der Waals surface area contributed by atoms with Crippen molar-refractivity contribution in [3.8, 4) is 0 Å². The molecule has 1 aliphatic carbocycles. The molecule has 1 amide bonds. The molecule has 0 radical (unpaired) electrons. The molecule has 1 aromatic heterocycles. The number of hydrogen-bond acceptors (Lipinski definition) is 5. The summed E-state index contributed by atoms with van der Waals surface area (Å²) >= 11 is 0. The van der Waals surface area contributed by atoms with E-state index in [0.29, 0.717) is 18.4 Å². The zero-order valence-corrected chi connectivity index (χ0v) is 16.8. The molecule has 0 aliphatic heterocycles. The van der Waals surface area contributed by atoms with Gasteiger partial charge in [0.15, 0.2) is 11.6 Å². The first-order chi connectivity index (χ1) is 15.3. The number of hydrogen-bond donors (Lipinski definition) is 4. The van der Waals surface area contributed by atoms with E-state index in [4.69, 9.17) is 5.73 Å². The van der Waals surface area contributed by atoms with Gasteiger partial charge in [-0.15, -0.1) is 0 Å². The smallest absolute Gasteiger partial charge is 0.341 e. The number of rotatable bonds is 7. The molecule has 10 heteroatoms. The van der Waals surface area contributed by atoms with Crippen molar-refractivity contribution in [2.75, 3.05) is 24.1 Å². The normalized spacial score (nSPS) is 13.2. The minimum atomic E-state index is -1.50. The highest BCUT2D eigenvalue weighted by molar-refractivity contribution is 5.99. The van der Waals surface area contributed by atoms with Crippen LogP contribution in [0.4, 0.5) is 20.2 Å². The van der Waals surface area contributed by atoms with Gasteiger partial charge < -0.3 is 26.0 Å². The van der Waals surface area contributed by atoms with Crippen LogP contribution in [0.5, 0.6) is 0 Å². The number of carbonyl (C=O) groups excluding carboxylic acids is 1. The van der Waals surface area contributed by atoms with E-state index in [0.717, 1.165) is 6.20 Å². The molecule has 8 nitrogen and oxygen atoms in total. The molecule has 1 saturated carbocycles. The number of carboxylic acid groups (broad SMARTS) is 1. The maximum absolute atomic E-state index is 15.4. The number of carbonyl (C=O) groups is 2. The van der Waals surface area contributed by atoms with Crippen molar-refractivity contribution in [3.05, 3.63) is 69.5 Å². The lowest BCUT2D eigenvalue weighted by Crippen LogP contribution is -2.29. The Balaban J connectivity index is 1.65. The van der Waals surface area contributed by atoms with E-state index in [1.165, 1.54) is 4.57 Å². The number of nitrogens with two attached hydrogens (primary N) is 1. The van der Waals surface area contributed by atoms with Crippen LogP contribution in [-0.2, 0) is 0 Å². The third-order valence-electron chi connectivity index (χ3n) is 5.31. The van der Waals surface area contributed by atoms with E-state index in [1.807, 2.05) is 0 Å².